The second kappa shape index (κ2) is 5.56. The second-order valence-corrected chi connectivity index (χ2v) is 5.37. The number of hydrogen-bond donors (Lipinski definition) is 1. The third-order valence-corrected chi connectivity index (χ3v) is 3.86. The molecule has 3 rings (SSSR count). The van der Waals surface area contributed by atoms with Crippen LogP contribution in [0.15, 0.2) is 12.7 Å². The van der Waals surface area contributed by atoms with E-state index in [1.165, 1.54) is 30.5 Å². The minimum absolute atomic E-state index is 0.0738. The molecular weight excluding hydrogens is 252 g/mol. The molecule has 1 aliphatic carbocycles. The summed E-state index contributed by atoms with van der Waals surface area (Å²) < 4.78 is 1.93. The van der Waals surface area contributed by atoms with Crippen LogP contribution in [-0.4, -0.2) is 24.7 Å². The Kier molecular flexibility index (Phi) is 3.62. The molecule has 1 unspecified atom stereocenters. The number of fused-ring (bicyclic) bond motifs is 1. The molecule has 0 radical (unpaired) electrons. The van der Waals surface area contributed by atoms with Gasteiger partial charge in [-0.05, 0) is 32.6 Å². The van der Waals surface area contributed by atoms with Gasteiger partial charge in [0.25, 0.3) is 0 Å². The fraction of sp³-hybridized carbons (Fsp3) is 0.571. The summed E-state index contributed by atoms with van der Waals surface area (Å²) in [5.41, 5.74) is 2.48. The van der Waals surface area contributed by atoms with Crippen LogP contribution in [0.2, 0.25) is 0 Å². The molecule has 0 amide bonds. The fourth-order valence-corrected chi connectivity index (χ4v) is 2.78. The molecular formula is C14H20N6. The highest BCUT2D eigenvalue weighted by Gasteiger charge is 2.17. The maximum absolute atomic E-state index is 4.44. The van der Waals surface area contributed by atoms with Gasteiger partial charge in [-0.15, -0.1) is 10.2 Å². The highest BCUT2D eigenvalue weighted by Crippen LogP contribution is 2.26. The molecule has 2 heterocycles. The van der Waals surface area contributed by atoms with E-state index in [2.05, 4.69) is 32.4 Å². The van der Waals surface area contributed by atoms with Crippen LogP contribution in [0.5, 0.6) is 0 Å². The van der Waals surface area contributed by atoms with E-state index in [0.29, 0.717) is 0 Å². The van der Waals surface area contributed by atoms with Gasteiger partial charge in [0, 0.05) is 18.3 Å². The third kappa shape index (κ3) is 2.50. The molecule has 20 heavy (non-hydrogen) atoms. The van der Waals surface area contributed by atoms with Crippen molar-refractivity contribution in [1.29, 1.82) is 0 Å². The maximum Gasteiger partial charge on any atom is 0.154 e. The van der Waals surface area contributed by atoms with Crippen molar-refractivity contribution in [3.63, 3.8) is 0 Å². The van der Waals surface area contributed by atoms with Gasteiger partial charge < -0.3 is 9.88 Å². The molecule has 0 aromatic carbocycles. The minimum Gasteiger partial charge on any atom is -0.360 e. The Morgan fingerprint density at radius 2 is 2.05 bits per heavy atom. The summed E-state index contributed by atoms with van der Waals surface area (Å²) in [6.45, 7) is 2.08. The van der Waals surface area contributed by atoms with Gasteiger partial charge in [-0.25, -0.2) is 9.97 Å². The van der Waals surface area contributed by atoms with E-state index >= 15 is 0 Å². The highest BCUT2D eigenvalue weighted by molar-refractivity contribution is 5.47. The van der Waals surface area contributed by atoms with E-state index in [1.807, 2.05) is 11.6 Å². The highest BCUT2D eigenvalue weighted by atomic mass is 15.3. The first-order valence-corrected chi connectivity index (χ1v) is 7.19. The zero-order valence-corrected chi connectivity index (χ0v) is 12.0. The number of aromatic nitrogens is 5. The summed E-state index contributed by atoms with van der Waals surface area (Å²) in [6, 6.07) is 0.0738. The van der Waals surface area contributed by atoms with Crippen LogP contribution in [0.3, 0.4) is 0 Å². The molecule has 1 N–H and O–H groups in total. The van der Waals surface area contributed by atoms with Crippen LogP contribution < -0.4 is 5.32 Å². The summed E-state index contributed by atoms with van der Waals surface area (Å²) in [4.78, 5) is 8.88. The minimum atomic E-state index is 0.0738. The summed E-state index contributed by atoms with van der Waals surface area (Å²) in [7, 11) is 1.95. The van der Waals surface area contributed by atoms with Crippen molar-refractivity contribution in [1.82, 2.24) is 24.7 Å². The van der Waals surface area contributed by atoms with Crippen molar-refractivity contribution in [2.75, 3.05) is 5.32 Å². The van der Waals surface area contributed by atoms with Gasteiger partial charge in [-0.1, -0.05) is 6.42 Å². The van der Waals surface area contributed by atoms with Crippen molar-refractivity contribution in [3.05, 3.63) is 29.7 Å². The number of aryl methyl sites for hydroxylation is 2. The van der Waals surface area contributed by atoms with Gasteiger partial charge >= 0.3 is 0 Å². The smallest absolute Gasteiger partial charge is 0.154 e. The SMILES string of the molecule is CC(Nc1ncnc2c1CCCCC2)c1nncn1C. The molecule has 2 aromatic heterocycles. The quantitative estimate of drug-likeness (QED) is 0.866. The molecule has 6 nitrogen and oxygen atoms in total. The van der Waals surface area contributed by atoms with E-state index in [0.717, 1.165) is 24.5 Å². The van der Waals surface area contributed by atoms with Crippen molar-refractivity contribution in [2.24, 2.45) is 7.05 Å². The lowest BCUT2D eigenvalue weighted by atomic mass is 10.1. The lowest BCUT2D eigenvalue weighted by molar-refractivity contribution is 0.705. The number of anilines is 1. The Labute approximate surface area is 118 Å². The number of rotatable bonds is 3. The van der Waals surface area contributed by atoms with Crippen LogP contribution in [-0.2, 0) is 19.9 Å². The molecule has 106 valence electrons. The molecule has 0 saturated heterocycles. The van der Waals surface area contributed by atoms with Gasteiger partial charge in [-0.3, -0.25) is 0 Å². The Morgan fingerprint density at radius 1 is 1.20 bits per heavy atom. The lowest BCUT2D eigenvalue weighted by Gasteiger charge is -2.17. The summed E-state index contributed by atoms with van der Waals surface area (Å²) in [5.74, 6) is 1.86. The molecule has 0 fully saturated rings. The summed E-state index contributed by atoms with van der Waals surface area (Å²) in [6.07, 6.45) is 9.21. The first kappa shape index (κ1) is 13.0. The molecule has 0 spiro atoms. The van der Waals surface area contributed by atoms with Crippen LogP contribution in [0, 0.1) is 0 Å². The fourth-order valence-electron chi connectivity index (χ4n) is 2.78. The van der Waals surface area contributed by atoms with Gasteiger partial charge in [-0.2, -0.15) is 0 Å². The van der Waals surface area contributed by atoms with Gasteiger partial charge in [0.2, 0.25) is 0 Å². The number of nitrogens with one attached hydrogen (secondary N) is 1. The monoisotopic (exact) mass is 272 g/mol. The van der Waals surface area contributed by atoms with E-state index < -0.39 is 0 Å². The van der Waals surface area contributed by atoms with Crippen LogP contribution in [0.1, 0.15) is 49.3 Å². The lowest BCUT2D eigenvalue weighted by Crippen LogP contribution is -2.15. The van der Waals surface area contributed by atoms with Crippen molar-refractivity contribution >= 4 is 5.82 Å². The van der Waals surface area contributed by atoms with Crippen molar-refractivity contribution in [2.45, 2.75) is 45.1 Å². The Balaban J connectivity index is 1.86. The molecule has 6 heteroatoms. The Hall–Kier alpha value is -1.98. The maximum atomic E-state index is 4.44. The molecule has 0 bridgehead atoms. The third-order valence-electron chi connectivity index (χ3n) is 3.86. The van der Waals surface area contributed by atoms with E-state index in [9.17, 15) is 0 Å². The second-order valence-electron chi connectivity index (χ2n) is 5.37. The van der Waals surface area contributed by atoms with E-state index in [4.69, 9.17) is 0 Å². The molecule has 0 aliphatic heterocycles. The number of nitrogens with zero attached hydrogens (tertiary/aromatic N) is 5. The van der Waals surface area contributed by atoms with Gasteiger partial charge in [0.1, 0.15) is 18.5 Å². The summed E-state index contributed by atoms with van der Waals surface area (Å²) >= 11 is 0. The largest absolute Gasteiger partial charge is 0.360 e. The van der Waals surface area contributed by atoms with E-state index in [1.54, 1.807) is 12.7 Å². The van der Waals surface area contributed by atoms with Crippen molar-refractivity contribution in [3.8, 4) is 0 Å². The predicted molar refractivity (Wildman–Crippen MR) is 76.3 cm³/mol. The Morgan fingerprint density at radius 3 is 2.85 bits per heavy atom. The zero-order chi connectivity index (χ0) is 13.9. The summed E-state index contributed by atoms with van der Waals surface area (Å²) in [5, 5.41) is 11.5. The molecule has 1 atom stereocenters. The predicted octanol–water partition coefficient (Wildman–Crippen LogP) is 2.05. The van der Waals surface area contributed by atoms with Gasteiger partial charge in [0.05, 0.1) is 6.04 Å². The first-order chi connectivity index (χ1) is 9.75. The Bertz CT molecular complexity index is 591. The van der Waals surface area contributed by atoms with E-state index in [-0.39, 0.29) is 6.04 Å². The van der Waals surface area contributed by atoms with Crippen LogP contribution >= 0.6 is 0 Å². The number of hydrogen-bond acceptors (Lipinski definition) is 5. The van der Waals surface area contributed by atoms with Crippen LogP contribution in [0.4, 0.5) is 5.82 Å². The normalized spacial score (nSPS) is 16.3. The average Bonchev–Trinajstić information content (AvgIpc) is 2.73. The topological polar surface area (TPSA) is 68.5 Å². The average molecular weight is 272 g/mol. The zero-order valence-electron chi connectivity index (χ0n) is 12.0. The standard InChI is InChI=1S/C14H20N6/c1-10(14-19-17-9-20(14)2)18-13-11-6-4-3-5-7-12(11)15-8-16-13/h8-10H,3-7H2,1-2H3,(H,15,16,18). The first-order valence-electron chi connectivity index (χ1n) is 7.19. The molecule has 2 aromatic rings. The van der Waals surface area contributed by atoms with Crippen LogP contribution in [0.25, 0.3) is 0 Å². The van der Waals surface area contributed by atoms with Gasteiger partial charge in [0.15, 0.2) is 5.82 Å². The molecule has 1 aliphatic rings. The van der Waals surface area contributed by atoms with Crippen molar-refractivity contribution < 1.29 is 0 Å². The molecule has 0 saturated carbocycles.